The molecule has 2 bridgehead atoms. The molecule has 4 saturated heterocycles. The fourth-order valence-electron chi connectivity index (χ4n) is 10.5. The Kier molecular flexibility index (Phi) is 9.43. The lowest BCUT2D eigenvalue weighted by molar-refractivity contribution is -0.0682. The second-order valence-electron chi connectivity index (χ2n) is 16.8. The number of ether oxygens (including phenoxy) is 5. The number of hydrogen-bond donors (Lipinski definition) is 1. The number of terminal acetylenes is 1. The molecule has 6 aliphatic rings. The van der Waals surface area contributed by atoms with E-state index in [4.69, 9.17) is 40.1 Å². The van der Waals surface area contributed by atoms with Gasteiger partial charge in [-0.05, 0) is 93.1 Å². The van der Waals surface area contributed by atoms with E-state index in [-0.39, 0.29) is 70.2 Å². The smallest absolute Gasteiger partial charge is 0.491 e. The molecule has 5 fully saturated rings. The van der Waals surface area contributed by atoms with Crippen LogP contribution in [0.5, 0.6) is 17.5 Å². The Labute approximate surface area is 334 Å². The standard InChI is InChI=1S/C44H46F3N5O6/c1-3-30-33(46)12-10-25-16-29(56-24(2)57-43(53)58-28-8-5-4-6-9-28)17-31(37(25)30)32-18-36-38-40(39(32)47)49-42(55-23-44-14-7-15-51(44)20-26(45)19-44)50-41(38)52-21-27-11-13-34(48-27)35(52)22-54-36/h1,10,12,16-18,24,26-28,34-35,48H,4-9,11,13-15,19-23H2,2H3/t24?,26-,27-,34+,35-,44+/m1/s1. The van der Waals surface area contributed by atoms with Crippen LogP contribution in [0.15, 0.2) is 30.3 Å². The molecule has 1 unspecified atom stereocenters. The number of carbonyl (C=O) groups excluding carboxylic acids is 1. The maximum Gasteiger partial charge on any atom is 0.511 e. The van der Waals surface area contributed by atoms with E-state index in [0.717, 1.165) is 64.3 Å². The lowest BCUT2D eigenvalue weighted by atomic mass is 9.92. The summed E-state index contributed by atoms with van der Waals surface area (Å²) in [6.07, 6.45) is 11.5. The molecule has 58 heavy (non-hydrogen) atoms. The van der Waals surface area contributed by atoms with Gasteiger partial charge in [0, 0.05) is 49.5 Å². The van der Waals surface area contributed by atoms with Crippen molar-refractivity contribution in [3.05, 3.63) is 47.5 Å². The zero-order valence-corrected chi connectivity index (χ0v) is 32.4. The monoisotopic (exact) mass is 797 g/mol. The van der Waals surface area contributed by atoms with Crippen molar-refractivity contribution in [2.75, 3.05) is 37.7 Å². The van der Waals surface area contributed by atoms with E-state index in [1.165, 1.54) is 12.1 Å². The molecule has 3 aromatic carbocycles. The highest BCUT2D eigenvalue weighted by atomic mass is 19.1. The molecule has 1 saturated carbocycles. The third-order valence-electron chi connectivity index (χ3n) is 13.2. The number of alkyl halides is 1. The molecule has 6 heterocycles. The van der Waals surface area contributed by atoms with E-state index < -0.39 is 35.8 Å². The zero-order valence-electron chi connectivity index (χ0n) is 32.4. The van der Waals surface area contributed by atoms with Crippen LogP contribution in [0, 0.1) is 24.0 Å². The van der Waals surface area contributed by atoms with Gasteiger partial charge in [0.15, 0.2) is 5.82 Å². The van der Waals surface area contributed by atoms with E-state index in [2.05, 4.69) is 21.0 Å². The highest BCUT2D eigenvalue weighted by Crippen LogP contribution is 2.47. The van der Waals surface area contributed by atoms with Crippen LogP contribution in [0.2, 0.25) is 0 Å². The Morgan fingerprint density at radius 3 is 2.78 bits per heavy atom. The molecule has 10 rings (SSSR count). The van der Waals surface area contributed by atoms with Gasteiger partial charge in [-0.3, -0.25) is 4.90 Å². The second kappa shape index (κ2) is 14.7. The van der Waals surface area contributed by atoms with Crippen LogP contribution >= 0.6 is 0 Å². The van der Waals surface area contributed by atoms with Gasteiger partial charge in [0.2, 0.25) is 6.29 Å². The summed E-state index contributed by atoms with van der Waals surface area (Å²) >= 11 is 0. The summed E-state index contributed by atoms with van der Waals surface area (Å²) in [5.41, 5.74) is -0.297. The van der Waals surface area contributed by atoms with Gasteiger partial charge in [-0.25, -0.2) is 18.0 Å². The summed E-state index contributed by atoms with van der Waals surface area (Å²) in [6, 6.07) is 7.84. The van der Waals surface area contributed by atoms with Crippen LogP contribution in [0.25, 0.3) is 32.8 Å². The predicted octanol–water partition coefficient (Wildman–Crippen LogP) is 7.58. The molecule has 5 aliphatic heterocycles. The average molecular weight is 798 g/mol. The van der Waals surface area contributed by atoms with E-state index in [1.807, 2.05) is 0 Å². The van der Waals surface area contributed by atoms with Gasteiger partial charge in [-0.2, -0.15) is 9.97 Å². The fraction of sp³-hybridized carbons (Fsp3) is 0.523. The van der Waals surface area contributed by atoms with Crippen LogP contribution in [-0.2, 0) is 9.47 Å². The van der Waals surface area contributed by atoms with Crippen molar-refractivity contribution in [3.8, 4) is 41.0 Å². The number of carbonyl (C=O) groups is 1. The van der Waals surface area contributed by atoms with E-state index >= 15 is 8.78 Å². The number of nitrogens with zero attached hydrogens (tertiary/aromatic N) is 4. The number of fused-ring (bicyclic) bond motifs is 7. The molecule has 6 atom stereocenters. The predicted molar refractivity (Wildman–Crippen MR) is 210 cm³/mol. The van der Waals surface area contributed by atoms with E-state index in [9.17, 15) is 9.18 Å². The largest absolute Gasteiger partial charge is 0.511 e. The molecule has 11 nitrogen and oxygen atoms in total. The lowest BCUT2D eigenvalue weighted by Gasteiger charge is -2.40. The molecule has 1 aliphatic carbocycles. The molecule has 1 aromatic heterocycles. The van der Waals surface area contributed by atoms with Crippen molar-refractivity contribution >= 4 is 33.6 Å². The Hall–Kier alpha value is -5.00. The minimum atomic E-state index is -1.08. The minimum Gasteiger partial charge on any atom is -0.491 e. The first-order valence-corrected chi connectivity index (χ1v) is 20.6. The van der Waals surface area contributed by atoms with Crippen LogP contribution in [-0.4, -0.2) is 96.1 Å². The number of benzene rings is 3. The Morgan fingerprint density at radius 2 is 1.93 bits per heavy atom. The number of hydrogen-bond acceptors (Lipinski definition) is 11. The summed E-state index contributed by atoms with van der Waals surface area (Å²) in [7, 11) is 0. The summed E-state index contributed by atoms with van der Waals surface area (Å²) in [6.45, 7) is 3.83. The average Bonchev–Trinajstić information content (AvgIpc) is 3.85. The van der Waals surface area contributed by atoms with Crippen molar-refractivity contribution in [2.24, 2.45) is 0 Å². The summed E-state index contributed by atoms with van der Waals surface area (Å²) < 4.78 is 77.9. The molecule has 4 aromatic rings. The summed E-state index contributed by atoms with van der Waals surface area (Å²) in [5.74, 6) is 2.19. The number of halogens is 3. The van der Waals surface area contributed by atoms with Gasteiger partial charge < -0.3 is 33.9 Å². The van der Waals surface area contributed by atoms with Crippen molar-refractivity contribution < 1.29 is 41.7 Å². The molecule has 1 N–H and O–H groups in total. The maximum absolute atomic E-state index is 17.7. The number of rotatable bonds is 8. The van der Waals surface area contributed by atoms with Crippen LogP contribution < -0.4 is 24.4 Å². The third-order valence-corrected chi connectivity index (χ3v) is 13.2. The molecule has 14 heteroatoms. The molecule has 0 amide bonds. The third kappa shape index (κ3) is 6.51. The van der Waals surface area contributed by atoms with Crippen molar-refractivity contribution in [2.45, 2.75) is 113 Å². The Balaban J connectivity index is 1.08. The van der Waals surface area contributed by atoms with Crippen molar-refractivity contribution in [3.63, 3.8) is 0 Å². The molecular weight excluding hydrogens is 752 g/mol. The van der Waals surface area contributed by atoms with Crippen LogP contribution in [0.1, 0.15) is 76.7 Å². The Bertz CT molecular complexity index is 2340. The minimum absolute atomic E-state index is 0.0112. The molecular formula is C44H46F3N5O6. The number of anilines is 1. The van der Waals surface area contributed by atoms with Gasteiger partial charge in [0.05, 0.1) is 22.5 Å². The van der Waals surface area contributed by atoms with Gasteiger partial charge in [0.1, 0.15) is 54.1 Å². The normalized spacial score (nSPS) is 27.1. The Morgan fingerprint density at radius 1 is 1.07 bits per heavy atom. The van der Waals surface area contributed by atoms with Crippen LogP contribution in [0.3, 0.4) is 0 Å². The molecule has 0 spiro atoms. The van der Waals surface area contributed by atoms with Gasteiger partial charge in [-0.1, -0.05) is 18.4 Å². The van der Waals surface area contributed by atoms with Crippen LogP contribution in [0.4, 0.5) is 23.8 Å². The number of nitrogens with one attached hydrogen (secondary N) is 1. The van der Waals surface area contributed by atoms with Crippen molar-refractivity contribution in [1.82, 2.24) is 20.2 Å². The summed E-state index contributed by atoms with van der Waals surface area (Å²) in [5, 5.41) is 4.86. The first kappa shape index (κ1) is 37.3. The molecule has 0 radical (unpaired) electrons. The van der Waals surface area contributed by atoms with Gasteiger partial charge in [0.25, 0.3) is 0 Å². The lowest BCUT2D eigenvalue weighted by Crippen LogP contribution is -2.60. The SMILES string of the molecule is C#Cc1c(F)ccc2cc(OC(C)OC(=O)OC3CCCCC3)cc(-c3cc4c5c(nc(OC[C@@]67CCCN6C[C@H](F)C7)nc5c3F)N3C[C@H]5CC[C@H](N5)[C@H]3CO4)c12. The fourth-order valence-corrected chi connectivity index (χ4v) is 10.5. The highest BCUT2D eigenvalue weighted by Gasteiger charge is 2.50. The quantitative estimate of drug-likeness (QED) is 0.108. The summed E-state index contributed by atoms with van der Waals surface area (Å²) in [4.78, 5) is 26.7. The first-order valence-electron chi connectivity index (χ1n) is 20.6. The second-order valence-corrected chi connectivity index (χ2v) is 16.8. The number of aromatic nitrogens is 2. The van der Waals surface area contributed by atoms with Gasteiger partial charge in [-0.15, -0.1) is 6.42 Å². The van der Waals surface area contributed by atoms with E-state index in [0.29, 0.717) is 48.5 Å². The van der Waals surface area contributed by atoms with E-state index in [1.54, 1.807) is 25.1 Å². The number of piperazine rings is 1. The molecule has 304 valence electrons. The van der Waals surface area contributed by atoms with Gasteiger partial charge >= 0.3 is 12.2 Å². The zero-order chi connectivity index (χ0) is 39.7. The topological polar surface area (TPSA) is 108 Å². The van der Waals surface area contributed by atoms with Crippen molar-refractivity contribution in [1.29, 1.82) is 0 Å². The highest BCUT2D eigenvalue weighted by molar-refractivity contribution is 6.06. The maximum atomic E-state index is 17.7. The first-order chi connectivity index (χ1) is 28.2.